The van der Waals surface area contributed by atoms with E-state index >= 15 is 0 Å². The van der Waals surface area contributed by atoms with Gasteiger partial charge in [-0.05, 0) is 12.1 Å². The monoisotopic (exact) mass is 370 g/mol. The van der Waals surface area contributed by atoms with Crippen LogP contribution in [0.15, 0.2) is 60.7 Å². The summed E-state index contributed by atoms with van der Waals surface area (Å²) in [5.41, 5.74) is 1.76. The standard InChI is InChI=1S/C22H10O4S/c23-19-11-5-1-2-6-12(11)20(24)17(19)15-9-10-16(27-15)18-21(25)13-7-3-4-8-14(13)22(18)26/h1-10H. The Hall–Kier alpha value is -3.44. The summed E-state index contributed by atoms with van der Waals surface area (Å²) in [6.45, 7) is 0. The Morgan fingerprint density at radius 1 is 0.444 bits per heavy atom. The van der Waals surface area contributed by atoms with E-state index in [2.05, 4.69) is 0 Å². The molecule has 0 amide bonds. The predicted molar refractivity (Wildman–Crippen MR) is 101 cm³/mol. The van der Waals surface area contributed by atoms with Crippen LogP contribution in [-0.2, 0) is 0 Å². The molecule has 0 fully saturated rings. The number of ketones is 4. The second-order valence-electron chi connectivity index (χ2n) is 6.32. The highest BCUT2D eigenvalue weighted by atomic mass is 32.1. The molecule has 1 heterocycles. The van der Waals surface area contributed by atoms with Crippen molar-refractivity contribution in [1.29, 1.82) is 0 Å². The number of Topliss-reactive ketones (excluding diaryl/α,β-unsaturated/α-hetero) is 4. The number of hydrogen-bond acceptors (Lipinski definition) is 5. The van der Waals surface area contributed by atoms with Gasteiger partial charge in [0, 0.05) is 31.3 Å². The molecule has 2 aliphatic rings. The van der Waals surface area contributed by atoms with E-state index in [9.17, 15) is 19.2 Å². The molecule has 0 bridgehead atoms. The molecule has 2 aliphatic carbocycles. The summed E-state index contributed by atoms with van der Waals surface area (Å²) in [7, 11) is 0. The predicted octanol–water partition coefficient (Wildman–Crippen LogP) is 2.21. The third kappa shape index (κ3) is 2.09. The molecule has 27 heavy (non-hydrogen) atoms. The normalized spacial score (nSPS) is 15.6. The largest absolute Gasteiger partial charge is 0.288 e. The van der Waals surface area contributed by atoms with Crippen LogP contribution in [0, 0.1) is 0 Å². The number of thiophene rings is 1. The molecule has 0 saturated carbocycles. The zero-order valence-corrected chi connectivity index (χ0v) is 14.6. The second kappa shape index (κ2) is 5.53. The number of carbonyl (C=O) groups is 4. The van der Waals surface area contributed by atoms with Crippen molar-refractivity contribution < 1.29 is 19.2 Å². The molecule has 2 aromatic carbocycles. The van der Waals surface area contributed by atoms with Crippen LogP contribution < -0.4 is 9.06 Å². The number of fused-ring (bicyclic) bond motifs is 2. The van der Waals surface area contributed by atoms with E-state index in [1.165, 1.54) is 0 Å². The molecule has 3 aromatic rings. The Morgan fingerprint density at radius 3 is 1.04 bits per heavy atom. The molecule has 128 valence electrons. The number of benzene rings is 2. The number of carbonyl (C=O) groups excluding carboxylic acids is 4. The lowest BCUT2D eigenvalue weighted by Gasteiger charge is -1.90. The van der Waals surface area contributed by atoms with Crippen molar-refractivity contribution >= 4 is 45.6 Å². The zero-order chi connectivity index (χ0) is 18.7. The fraction of sp³-hybridized carbons (Fsp3) is 0. The van der Waals surface area contributed by atoms with E-state index in [1.54, 1.807) is 60.7 Å². The topological polar surface area (TPSA) is 68.3 Å². The highest BCUT2D eigenvalue weighted by Gasteiger charge is 2.35. The van der Waals surface area contributed by atoms with Gasteiger partial charge in [0.05, 0.1) is 11.1 Å². The van der Waals surface area contributed by atoms with Crippen LogP contribution in [0.1, 0.15) is 41.4 Å². The summed E-state index contributed by atoms with van der Waals surface area (Å²) in [5, 5.41) is 0. The van der Waals surface area contributed by atoms with Crippen molar-refractivity contribution in [1.82, 2.24) is 0 Å². The maximum Gasteiger partial charge on any atom is 0.199 e. The van der Waals surface area contributed by atoms with Gasteiger partial charge in [-0.15, -0.1) is 11.3 Å². The fourth-order valence-electron chi connectivity index (χ4n) is 3.56. The molecule has 1 aromatic heterocycles. The highest BCUT2D eigenvalue weighted by molar-refractivity contribution is 7.09. The van der Waals surface area contributed by atoms with Gasteiger partial charge in [0.1, 0.15) is 0 Å². The Kier molecular flexibility index (Phi) is 3.23. The summed E-state index contributed by atoms with van der Waals surface area (Å²) in [4.78, 5) is 50.6. The molecule has 0 unspecified atom stereocenters. The zero-order valence-electron chi connectivity index (χ0n) is 13.8. The number of rotatable bonds is 0. The lowest BCUT2D eigenvalue weighted by molar-refractivity contribution is 0.101. The third-order valence-corrected chi connectivity index (χ3v) is 5.96. The van der Waals surface area contributed by atoms with Gasteiger partial charge in [-0.25, -0.2) is 0 Å². The minimum atomic E-state index is -0.318. The summed E-state index contributed by atoms with van der Waals surface area (Å²) in [5.74, 6) is -1.27. The van der Waals surface area contributed by atoms with Crippen LogP contribution in [0.3, 0.4) is 0 Å². The van der Waals surface area contributed by atoms with E-state index in [0.29, 0.717) is 31.3 Å². The molecule has 0 radical (unpaired) electrons. The Bertz CT molecular complexity index is 1160. The minimum Gasteiger partial charge on any atom is -0.288 e. The molecular weight excluding hydrogens is 360 g/mol. The van der Waals surface area contributed by atoms with Crippen LogP contribution in [0.5, 0.6) is 0 Å². The summed E-state index contributed by atoms with van der Waals surface area (Å²) in [6, 6.07) is 16.7. The molecular formula is C22H10O4S. The van der Waals surface area contributed by atoms with Gasteiger partial charge in [0.2, 0.25) is 0 Å². The quantitative estimate of drug-likeness (QED) is 0.608. The van der Waals surface area contributed by atoms with Crippen LogP contribution in [0.2, 0.25) is 0 Å². The van der Waals surface area contributed by atoms with E-state index in [0.717, 1.165) is 11.3 Å². The molecule has 0 spiro atoms. The lowest BCUT2D eigenvalue weighted by Crippen LogP contribution is -2.13. The maximum atomic E-state index is 12.7. The van der Waals surface area contributed by atoms with Gasteiger partial charge in [0.15, 0.2) is 23.1 Å². The smallest absolute Gasteiger partial charge is 0.199 e. The molecule has 0 aliphatic heterocycles. The first-order valence-corrected chi connectivity index (χ1v) is 9.11. The van der Waals surface area contributed by atoms with E-state index < -0.39 is 0 Å². The van der Waals surface area contributed by atoms with Gasteiger partial charge in [-0.3, -0.25) is 19.2 Å². The fourth-order valence-corrected chi connectivity index (χ4v) is 4.64. The molecule has 0 N–H and O–H groups in total. The first-order valence-electron chi connectivity index (χ1n) is 8.29. The van der Waals surface area contributed by atoms with Gasteiger partial charge < -0.3 is 0 Å². The van der Waals surface area contributed by atoms with E-state index in [1.807, 2.05) is 0 Å². The van der Waals surface area contributed by atoms with Crippen LogP contribution in [0.4, 0.5) is 0 Å². The molecule has 0 saturated heterocycles. The lowest BCUT2D eigenvalue weighted by atomic mass is 10.1. The number of hydrogen-bond donors (Lipinski definition) is 0. The molecule has 5 rings (SSSR count). The third-order valence-electron chi connectivity index (χ3n) is 4.84. The summed E-state index contributed by atoms with van der Waals surface area (Å²) >= 11 is 1.13. The van der Waals surface area contributed by atoms with Gasteiger partial charge in [-0.2, -0.15) is 0 Å². The average Bonchev–Trinajstić information content (AvgIpc) is 3.32. The first-order chi connectivity index (χ1) is 13.1. The van der Waals surface area contributed by atoms with Gasteiger partial charge in [0.25, 0.3) is 0 Å². The van der Waals surface area contributed by atoms with Crippen molar-refractivity contribution in [2.45, 2.75) is 0 Å². The van der Waals surface area contributed by atoms with Crippen molar-refractivity contribution in [3.05, 3.63) is 92.0 Å². The molecule has 5 heteroatoms. The first kappa shape index (κ1) is 15.8. The Balaban J connectivity index is 1.74. The Labute approximate surface area is 157 Å². The summed E-state index contributed by atoms with van der Waals surface area (Å²) in [6.07, 6.45) is 0. The van der Waals surface area contributed by atoms with Crippen molar-refractivity contribution in [2.24, 2.45) is 0 Å². The molecule has 0 atom stereocenters. The van der Waals surface area contributed by atoms with Crippen LogP contribution >= 0.6 is 11.3 Å². The van der Waals surface area contributed by atoms with E-state index in [-0.39, 0.29) is 34.3 Å². The van der Waals surface area contributed by atoms with E-state index in [4.69, 9.17) is 0 Å². The molecule has 4 nitrogen and oxygen atoms in total. The highest BCUT2D eigenvalue weighted by Crippen LogP contribution is 2.28. The minimum absolute atomic E-state index is 0.100. The van der Waals surface area contributed by atoms with Crippen molar-refractivity contribution in [3.8, 4) is 0 Å². The van der Waals surface area contributed by atoms with Crippen molar-refractivity contribution in [3.63, 3.8) is 0 Å². The van der Waals surface area contributed by atoms with Gasteiger partial charge in [-0.1, -0.05) is 48.5 Å². The van der Waals surface area contributed by atoms with Crippen LogP contribution in [-0.4, -0.2) is 23.1 Å². The average molecular weight is 370 g/mol. The maximum absolute atomic E-state index is 12.7. The second-order valence-corrected chi connectivity index (χ2v) is 7.41. The van der Waals surface area contributed by atoms with Crippen LogP contribution in [0.25, 0.3) is 11.1 Å². The van der Waals surface area contributed by atoms with Gasteiger partial charge >= 0.3 is 0 Å². The SMILES string of the molecule is O=C1C(=c2ccc(=C3C(=O)c4ccccc4C3=O)s2)C(=O)c2ccccc21. The summed E-state index contributed by atoms with van der Waals surface area (Å²) < 4.78 is 0.945. The van der Waals surface area contributed by atoms with Crippen molar-refractivity contribution in [2.75, 3.05) is 0 Å². The Morgan fingerprint density at radius 2 is 0.741 bits per heavy atom.